The maximum atomic E-state index is 12.9. The molecule has 0 spiro atoms. The average molecular weight is 486 g/mol. The molecule has 0 radical (unpaired) electrons. The van der Waals surface area contributed by atoms with E-state index in [-0.39, 0.29) is 37.0 Å². The molecular weight excluding hydrogens is 465 g/mol. The van der Waals surface area contributed by atoms with Crippen LogP contribution in [0.3, 0.4) is 0 Å². The minimum atomic E-state index is -4.02. The van der Waals surface area contributed by atoms with Crippen LogP contribution in [0.4, 0.5) is 11.5 Å². The van der Waals surface area contributed by atoms with E-state index in [2.05, 4.69) is 14.4 Å². The summed E-state index contributed by atoms with van der Waals surface area (Å²) in [6.45, 7) is 2.01. The van der Waals surface area contributed by atoms with E-state index in [1.807, 2.05) is 0 Å². The van der Waals surface area contributed by atoms with Crippen molar-refractivity contribution in [3.05, 3.63) is 52.8 Å². The molecule has 0 unspecified atom stereocenters. The average Bonchev–Trinajstić information content (AvgIpc) is 2.98. The van der Waals surface area contributed by atoms with Gasteiger partial charge in [-0.1, -0.05) is 11.6 Å². The number of halogens is 2. The van der Waals surface area contributed by atoms with Crippen molar-refractivity contribution in [3.8, 4) is 0 Å². The van der Waals surface area contributed by atoms with E-state index in [1.54, 1.807) is 48.0 Å². The van der Waals surface area contributed by atoms with Crippen molar-refractivity contribution in [1.29, 1.82) is 0 Å². The van der Waals surface area contributed by atoms with Gasteiger partial charge in [0.2, 0.25) is 0 Å². The molecule has 2 heterocycles. The molecule has 0 bridgehead atoms. The van der Waals surface area contributed by atoms with E-state index in [0.717, 1.165) is 5.56 Å². The Labute approximate surface area is 189 Å². The summed E-state index contributed by atoms with van der Waals surface area (Å²) >= 11 is 11.8. The van der Waals surface area contributed by atoms with Crippen LogP contribution in [0, 0.1) is 0 Å². The fourth-order valence-corrected chi connectivity index (χ4v) is 4.42. The number of carbonyl (C=O) groups excluding carboxylic acids is 1. The molecule has 0 atom stereocenters. The molecule has 31 heavy (non-hydrogen) atoms. The number of ether oxygens (including phenoxy) is 1. The van der Waals surface area contributed by atoms with Gasteiger partial charge in [-0.3, -0.25) is 4.72 Å². The van der Waals surface area contributed by atoms with Crippen LogP contribution >= 0.6 is 23.2 Å². The molecule has 0 aliphatic rings. The lowest BCUT2D eigenvalue weighted by atomic mass is 10.2. The van der Waals surface area contributed by atoms with Crippen LogP contribution in [0.25, 0.3) is 10.9 Å². The van der Waals surface area contributed by atoms with Crippen molar-refractivity contribution in [3.63, 3.8) is 0 Å². The minimum Gasteiger partial charge on any atom is -0.461 e. The summed E-state index contributed by atoms with van der Waals surface area (Å²) in [6.07, 6.45) is 1.55. The number of nitrogens with one attached hydrogen (secondary N) is 2. The van der Waals surface area contributed by atoms with Gasteiger partial charge >= 0.3 is 5.97 Å². The molecule has 0 amide bonds. The summed E-state index contributed by atoms with van der Waals surface area (Å²) in [5.74, 6) is -0.282. The molecule has 0 saturated heterocycles. The van der Waals surface area contributed by atoms with Crippen LogP contribution in [0.15, 0.2) is 36.5 Å². The van der Waals surface area contributed by atoms with E-state index in [0.29, 0.717) is 21.7 Å². The van der Waals surface area contributed by atoms with Gasteiger partial charge in [-0.25, -0.2) is 9.78 Å². The summed E-state index contributed by atoms with van der Waals surface area (Å²) in [4.78, 5) is 16.9. The maximum Gasteiger partial charge on any atom is 0.357 e. The summed E-state index contributed by atoms with van der Waals surface area (Å²) < 4.78 is 36.7. The molecule has 0 aliphatic heterocycles. The molecule has 1 aromatic carbocycles. The second kappa shape index (κ2) is 9.73. The largest absolute Gasteiger partial charge is 0.461 e. The summed E-state index contributed by atoms with van der Waals surface area (Å²) in [5, 5.41) is 0.816. The molecular formula is C19H21Cl2N5O4S. The number of hydrogen-bond donors (Lipinski definition) is 3. The Bertz CT molecular complexity index is 1210. The monoisotopic (exact) mass is 485 g/mol. The number of pyridine rings is 1. The predicted octanol–water partition coefficient (Wildman–Crippen LogP) is 2.98. The number of nitrogens with two attached hydrogens (primary N) is 1. The fraction of sp³-hybridized carbons (Fsp3) is 0.263. The summed E-state index contributed by atoms with van der Waals surface area (Å²) in [7, 11) is -4.02. The Balaban J connectivity index is 2.23. The Kier molecular flexibility index (Phi) is 7.26. The molecule has 0 aliphatic carbocycles. The first-order chi connectivity index (χ1) is 14.8. The number of fused-ring (bicyclic) bond motifs is 1. The lowest BCUT2D eigenvalue weighted by Crippen LogP contribution is -2.32. The van der Waals surface area contributed by atoms with Crippen LogP contribution in [0.5, 0.6) is 0 Å². The summed E-state index contributed by atoms with van der Waals surface area (Å²) in [6, 6.07) is 8.35. The van der Waals surface area contributed by atoms with Gasteiger partial charge < -0.3 is 15.0 Å². The zero-order valence-electron chi connectivity index (χ0n) is 16.6. The first-order valence-corrected chi connectivity index (χ1v) is 11.7. The predicted molar refractivity (Wildman–Crippen MR) is 122 cm³/mol. The van der Waals surface area contributed by atoms with Crippen molar-refractivity contribution >= 4 is 61.8 Å². The van der Waals surface area contributed by atoms with Crippen molar-refractivity contribution in [2.24, 2.45) is 0 Å². The highest BCUT2D eigenvalue weighted by Gasteiger charge is 2.27. The first-order valence-electron chi connectivity index (χ1n) is 9.28. The second-order valence-corrected chi connectivity index (χ2v) is 8.78. The van der Waals surface area contributed by atoms with E-state index in [9.17, 15) is 13.2 Å². The van der Waals surface area contributed by atoms with Crippen molar-refractivity contribution in [2.45, 2.75) is 13.5 Å². The van der Waals surface area contributed by atoms with E-state index in [1.165, 1.54) is 0 Å². The van der Waals surface area contributed by atoms with Crippen molar-refractivity contribution in [2.75, 3.05) is 29.5 Å². The van der Waals surface area contributed by atoms with Crippen LogP contribution in [0.2, 0.25) is 5.02 Å². The van der Waals surface area contributed by atoms with Gasteiger partial charge in [0.1, 0.15) is 5.82 Å². The summed E-state index contributed by atoms with van der Waals surface area (Å²) in [5.41, 5.74) is 7.22. The van der Waals surface area contributed by atoms with Gasteiger partial charge in [0.05, 0.1) is 17.8 Å². The normalized spacial score (nSPS) is 11.6. The third kappa shape index (κ3) is 5.40. The van der Waals surface area contributed by atoms with Gasteiger partial charge in [0.25, 0.3) is 10.2 Å². The minimum absolute atomic E-state index is 0.0152. The highest BCUT2D eigenvalue weighted by molar-refractivity contribution is 7.90. The number of alkyl halides is 1. The number of carbonyl (C=O) groups is 1. The number of benzene rings is 1. The Morgan fingerprint density at radius 3 is 2.74 bits per heavy atom. The number of rotatable bonds is 9. The van der Waals surface area contributed by atoms with Crippen molar-refractivity contribution < 1.29 is 17.9 Å². The number of nitrogens with zero attached hydrogens (tertiary/aromatic N) is 2. The Morgan fingerprint density at radius 2 is 2.06 bits per heavy atom. The molecule has 0 saturated carbocycles. The zero-order chi connectivity index (χ0) is 22.6. The van der Waals surface area contributed by atoms with Gasteiger partial charge in [0, 0.05) is 35.6 Å². The smallest absolute Gasteiger partial charge is 0.357 e. The van der Waals surface area contributed by atoms with Crippen LogP contribution < -0.4 is 15.2 Å². The fourth-order valence-electron chi connectivity index (χ4n) is 3.12. The molecule has 2 aromatic heterocycles. The Hall–Kier alpha value is -2.53. The standard InChI is InChI=1S/C19H21Cl2N5O4S/c1-2-30-19(27)18-17(25-31(28,29)24-8-6-20)14-10-13(21)3-4-15(14)26(18)11-12-5-7-23-16(22)9-12/h3-5,7,9-10,24-25H,2,6,8,11H2,1H3,(H2,22,23). The highest BCUT2D eigenvalue weighted by atomic mass is 35.5. The molecule has 4 N–H and O–H groups in total. The molecule has 0 fully saturated rings. The third-order valence-corrected chi connectivity index (χ3v) is 5.78. The quantitative estimate of drug-likeness (QED) is 0.315. The van der Waals surface area contributed by atoms with Crippen LogP contribution in [-0.2, 0) is 21.5 Å². The van der Waals surface area contributed by atoms with Gasteiger partial charge in [-0.2, -0.15) is 13.1 Å². The van der Waals surface area contributed by atoms with E-state index >= 15 is 0 Å². The van der Waals surface area contributed by atoms with E-state index in [4.69, 9.17) is 33.7 Å². The number of hydrogen-bond acceptors (Lipinski definition) is 6. The molecule has 12 heteroatoms. The van der Waals surface area contributed by atoms with E-state index < -0.39 is 16.2 Å². The van der Waals surface area contributed by atoms with Crippen molar-refractivity contribution in [1.82, 2.24) is 14.3 Å². The number of aromatic nitrogens is 2. The SMILES string of the molecule is CCOC(=O)c1c(NS(=O)(=O)NCCCl)c2cc(Cl)ccc2n1Cc1ccnc(N)c1. The number of esters is 1. The molecule has 166 valence electrons. The molecule has 3 rings (SSSR count). The Morgan fingerprint density at radius 1 is 1.29 bits per heavy atom. The zero-order valence-corrected chi connectivity index (χ0v) is 18.9. The van der Waals surface area contributed by atoms with Gasteiger partial charge in [0.15, 0.2) is 5.69 Å². The second-order valence-electron chi connectivity index (χ2n) is 6.47. The molecule has 3 aromatic rings. The van der Waals surface area contributed by atoms with Crippen LogP contribution in [0.1, 0.15) is 23.0 Å². The topological polar surface area (TPSA) is 128 Å². The third-order valence-electron chi connectivity index (χ3n) is 4.30. The van der Waals surface area contributed by atoms with Crippen LogP contribution in [-0.4, -0.2) is 43.0 Å². The first kappa shape index (κ1) is 23.1. The number of nitrogen functional groups attached to an aromatic ring is 1. The number of anilines is 2. The highest BCUT2D eigenvalue weighted by Crippen LogP contribution is 2.35. The van der Waals surface area contributed by atoms with Gasteiger partial charge in [-0.05, 0) is 42.8 Å². The lowest BCUT2D eigenvalue weighted by Gasteiger charge is -2.13. The lowest BCUT2D eigenvalue weighted by molar-refractivity contribution is 0.0516. The molecule has 9 nitrogen and oxygen atoms in total. The maximum absolute atomic E-state index is 12.9. The van der Waals surface area contributed by atoms with Gasteiger partial charge in [-0.15, -0.1) is 11.6 Å².